The van der Waals surface area contributed by atoms with E-state index in [4.69, 9.17) is 5.84 Å². The number of non-ortho nitro benzene ring substituents is 1. The molecular formula is C13H10BrN3O2. The zero-order valence-corrected chi connectivity index (χ0v) is 11.4. The molecule has 0 aliphatic rings. The first-order valence-corrected chi connectivity index (χ1v) is 6.20. The van der Waals surface area contributed by atoms with Gasteiger partial charge in [-0.05, 0) is 39.2 Å². The van der Waals surface area contributed by atoms with Crippen molar-refractivity contribution in [3.05, 3.63) is 64.2 Å². The van der Waals surface area contributed by atoms with Crippen molar-refractivity contribution >= 4 is 26.2 Å². The maximum Gasteiger partial charge on any atom is 0.269 e. The molecule has 5 nitrogen and oxygen atoms in total. The highest BCUT2D eigenvalue weighted by Gasteiger charge is 2.10. The van der Waals surface area contributed by atoms with Crippen LogP contribution in [0, 0.1) is 10.1 Å². The van der Waals surface area contributed by atoms with Gasteiger partial charge in [-0.2, -0.15) is 5.10 Å². The third kappa shape index (κ3) is 2.79. The number of halogens is 1. The van der Waals surface area contributed by atoms with Crippen molar-refractivity contribution in [1.29, 1.82) is 0 Å². The highest BCUT2D eigenvalue weighted by molar-refractivity contribution is 9.18. The molecule has 0 heterocycles. The Bertz CT molecular complexity index is 639. The van der Waals surface area contributed by atoms with E-state index in [1.54, 1.807) is 12.1 Å². The molecule has 0 aliphatic heterocycles. The van der Waals surface area contributed by atoms with Crippen molar-refractivity contribution in [3.8, 4) is 11.1 Å². The number of hydrogen-bond acceptors (Lipinski definition) is 4. The van der Waals surface area contributed by atoms with Gasteiger partial charge in [-0.1, -0.05) is 24.3 Å². The first kappa shape index (κ1) is 13.2. The molecule has 0 amide bonds. The van der Waals surface area contributed by atoms with E-state index in [0.717, 1.165) is 16.7 Å². The lowest BCUT2D eigenvalue weighted by Crippen LogP contribution is -1.98. The zero-order chi connectivity index (χ0) is 13.8. The maximum atomic E-state index is 10.6. The third-order valence-corrected chi connectivity index (χ3v) is 3.28. The number of rotatable bonds is 3. The predicted molar refractivity (Wildman–Crippen MR) is 78.2 cm³/mol. The molecule has 0 radical (unpaired) electrons. The van der Waals surface area contributed by atoms with Crippen molar-refractivity contribution in [2.45, 2.75) is 0 Å². The summed E-state index contributed by atoms with van der Waals surface area (Å²) in [6.07, 6.45) is 0. The van der Waals surface area contributed by atoms with E-state index in [-0.39, 0.29) is 5.69 Å². The minimum absolute atomic E-state index is 0.0628. The van der Waals surface area contributed by atoms with Crippen LogP contribution in [0.1, 0.15) is 5.56 Å². The highest BCUT2D eigenvalue weighted by atomic mass is 79.9. The number of hydrogen-bond donors (Lipinski definition) is 1. The molecular weight excluding hydrogens is 310 g/mol. The summed E-state index contributed by atoms with van der Waals surface area (Å²) in [5.41, 5.74) is 2.66. The standard InChI is InChI=1S/C13H10BrN3O2/c14-13(16-15)12-4-2-1-3-11(12)9-5-7-10(8-6-9)17(18)19/h1-8H,15H2. The fraction of sp³-hybridized carbons (Fsp3) is 0. The average molecular weight is 320 g/mol. The Labute approximate surface area is 118 Å². The van der Waals surface area contributed by atoms with Gasteiger partial charge in [0.1, 0.15) is 4.62 Å². The van der Waals surface area contributed by atoms with Gasteiger partial charge < -0.3 is 5.84 Å². The summed E-state index contributed by atoms with van der Waals surface area (Å²) >= 11 is 3.29. The molecule has 0 aliphatic carbocycles. The van der Waals surface area contributed by atoms with Gasteiger partial charge in [-0.15, -0.1) is 0 Å². The fourth-order valence-electron chi connectivity index (χ4n) is 1.75. The molecule has 2 aromatic rings. The molecule has 19 heavy (non-hydrogen) atoms. The summed E-state index contributed by atoms with van der Waals surface area (Å²) in [5, 5.41) is 14.2. The topological polar surface area (TPSA) is 81.5 Å². The van der Waals surface area contributed by atoms with Crippen molar-refractivity contribution in [3.63, 3.8) is 0 Å². The van der Waals surface area contributed by atoms with Gasteiger partial charge in [0.05, 0.1) is 4.92 Å². The molecule has 0 atom stereocenters. The highest BCUT2D eigenvalue weighted by Crippen LogP contribution is 2.27. The van der Waals surface area contributed by atoms with Crippen molar-refractivity contribution < 1.29 is 4.92 Å². The van der Waals surface area contributed by atoms with Gasteiger partial charge in [0.25, 0.3) is 5.69 Å². The maximum absolute atomic E-state index is 10.6. The molecule has 0 aromatic heterocycles. The normalized spacial score (nSPS) is 11.3. The lowest BCUT2D eigenvalue weighted by atomic mass is 10.0. The molecule has 0 spiro atoms. The SMILES string of the molecule is NN=C(Br)c1ccccc1-c1ccc([N+](=O)[O-])cc1. The molecule has 0 fully saturated rings. The van der Waals surface area contributed by atoms with E-state index >= 15 is 0 Å². The second-order valence-corrected chi connectivity index (χ2v) is 4.52. The van der Waals surface area contributed by atoms with Gasteiger partial charge in [0.2, 0.25) is 0 Å². The van der Waals surface area contributed by atoms with E-state index in [2.05, 4.69) is 21.0 Å². The van der Waals surface area contributed by atoms with Crippen LogP contribution < -0.4 is 5.84 Å². The Hall–Kier alpha value is -2.21. The van der Waals surface area contributed by atoms with Crippen LogP contribution in [0.2, 0.25) is 0 Å². The van der Waals surface area contributed by atoms with E-state index in [1.165, 1.54) is 12.1 Å². The summed E-state index contributed by atoms with van der Waals surface area (Å²) in [6, 6.07) is 13.9. The van der Waals surface area contributed by atoms with Crippen LogP contribution in [0.15, 0.2) is 53.6 Å². The van der Waals surface area contributed by atoms with Crippen molar-refractivity contribution in [1.82, 2.24) is 0 Å². The van der Waals surface area contributed by atoms with Gasteiger partial charge in [0.15, 0.2) is 0 Å². The lowest BCUT2D eigenvalue weighted by Gasteiger charge is -2.07. The Balaban J connectivity index is 2.50. The second kappa shape index (κ2) is 5.62. The second-order valence-electron chi connectivity index (χ2n) is 3.77. The van der Waals surface area contributed by atoms with Crippen molar-refractivity contribution in [2.24, 2.45) is 10.9 Å². The third-order valence-electron chi connectivity index (χ3n) is 2.65. The molecule has 6 heteroatoms. The van der Waals surface area contributed by atoms with Crippen LogP contribution in [0.4, 0.5) is 5.69 Å². The van der Waals surface area contributed by atoms with Crippen LogP contribution in [0.3, 0.4) is 0 Å². The first-order valence-electron chi connectivity index (χ1n) is 5.41. The quantitative estimate of drug-likeness (QED) is 0.408. The first-order chi connectivity index (χ1) is 9.13. The molecule has 0 saturated heterocycles. The molecule has 2 rings (SSSR count). The van der Waals surface area contributed by atoms with Crippen LogP contribution in [-0.4, -0.2) is 9.54 Å². The Kier molecular flexibility index (Phi) is 3.91. The fourth-order valence-corrected chi connectivity index (χ4v) is 2.09. The smallest absolute Gasteiger partial charge is 0.269 e. The van der Waals surface area contributed by atoms with E-state index in [9.17, 15) is 10.1 Å². The zero-order valence-electron chi connectivity index (χ0n) is 9.79. The van der Waals surface area contributed by atoms with E-state index in [0.29, 0.717) is 4.62 Å². The summed E-state index contributed by atoms with van der Waals surface area (Å²) < 4.78 is 0.529. The van der Waals surface area contributed by atoms with Crippen LogP contribution in [0.25, 0.3) is 11.1 Å². The number of nitrogens with zero attached hydrogens (tertiary/aromatic N) is 2. The summed E-state index contributed by atoms with van der Waals surface area (Å²) in [4.78, 5) is 10.2. The number of nitrogens with two attached hydrogens (primary N) is 1. The summed E-state index contributed by atoms with van der Waals surface area (Å²) in [7, 11) is 0. The molecule has 0 saturated carbocycles. The van der Waals surface area contributed by atoms with Gasteiger partial charge in [-0.25, -0.2) is 0 Å². The van der Waals surface area contributed by atoms with Crippen LogP contribution >= 0.6 is 15.9 Å². The Morgan fingerprint density at radius 1 is 1.16 bits per heavy atom. The predicted octanol–water partition coefficient (Wildman–Crippen LogP) is 3.28. The number of nitro benzene ring substituents is 1. The number of benzene rings is 2. The van der Waals surface area contributed by atoms with Crippen LogP contribution in [-0.2, 0) is 0 Å². The van der Waals surface area contributed by atoms with Gasteiger partial charge >= 0.3 is 0 Å². The van der Waals surface area contributed by atoms with E-state index < -0.39 is 4.92 Å². The lowest BCUT2D eigenvalue weighted by molar-refractivity contribution is -0.384. The molecule has 96 valence electrons. The summed E-state index contributed by atoms with van der Waals surface area (Å²) in [6.45, 7) is 0. The van der Waals surface area contributed by atoms with Crippen molar-refractivity contribution in [2.75, 3.05) is 0 Å². The monoisotopic (exact) mass is 319 g/mol. The Morgan fingerprint density at radius 3 is 2.37 bits per heavy atom. The minimum atomic E-state index is -0.424. The molecule has 2 N–H and O–H groups in total. The van der Waals surface area contributed by atoms with E-state index in [1.807, 2.05) is 24.3 Å². The van der Waals surface area contributed by atoms with Gasteiger partial charge in [0, 0.05) is 17.7 Å². The minimum Gasteiger partial charge on any atom is -0.322 e. The number of hydrazone groups is 1. The summed E-state index contributed by atoms with van der Waals surface area (Å²) in [5.74, 6) is 5.27. The van der Waals surface area contributed by atoms with Crippen LogP contribution in [0.5, 0.6) is 0 Å². The van der Waals surface area contributed by atoms with Gasteiger partial charge in [-0.3, -0.25) is 10.1 Å². The largest absolute Gasteiger partial charge is 0.322 e. The number of nitro groups is 1. The average Bonchev–Trinajstić information content (AvgIpc) is 2.46. The Morgan fingerprint density at radius 2 is 1.79 bits per heavy atom. The molecule has 2 aromatic carbocycles. The molecule has 0 unspecified atom stereocenters. The molecule has 0 bridgehead atoms.